The lowest BCUT2D eigenvalue weighted by molar-refractivity contribution is -0.129. The number of carbonyl (C=O) groups excluding carboxylic acids is 2. The van der Waals surface area contributed by atoms with Crippen molar-refractivity contribution in [1.82, 2.24) is 10.6 Å². The maximum atomic E-state index is 12.1. The standard InChI is InChI=1S/C15H22N2O2/c1-10(2)14(17-12(4)18)15(19)16-9-13-8-6-5-7-11(13)3/h5-8,10,14H,9H2,1-4H3,(H,16,19)(H,17,18)/t14-/m0/s1. The zero-order valence-corrected chi connectivity index (χ0v) is 12.0. The van der Waals surface area contributed by atoms with Gasteiger partial charge in [0.05, 0.1) is 0 Å². The van der Waals surface area contributed by atoms with Crippen molar-refractivity contribution in [3.05, 3.63) is 35.4 Å². The number of carbonyl (C=O) groups is 2. The maximum Gasteiger partial charge on any atom is 0.243 e. The fourth-order valence-electron chi connectivity index (χ4n) is 1.85. The van der Waals surface area contributed by atoms with Crippen LogP contribution in [0.3, 0.4) is 0 Å². The van der Waals surface area contributed by atoms with Crippen LogP contribution in [0.1, 0.15) is 31.9 Å². The highest BCUT2D eigenvalue weighted by Crippen LogP contribution is 2.07. The molecule has 0 bridgehead atoms. The highest BCUT2D eigenvalue weighted by molar-refractivity contribution is 5.87. The molecule has 2 amide bonds. The van der Waals surface area contributed by atoms with Gasteiger partial charge in [-0.05, 0) is 24.0 Å². The van der Waals surface area contributed by atoms with Crippen LogP contribution in [0, 0.1) is 12.8 Å². The number of hydrogen-bond acceptors (Lipinski definition) is 2. The minimum atomic E-state index is -0.485. The molecule has 0 aliphatic rings. The lowest BCUT2D eigenvalue weighted by Gasteiger charge is -2.21. The molecular weight excluding hydrogens is 240 g/mol. The molecule has 0 saturated carbocycles. The van der Waals surface area contributed by atoms with Crippen LogP contribution in [-0.4, -0.2) is 17.9 Å². The van der Waals surface area contributed by atoms with Gasteiger partial charge in [-0.15, -0.1) is 0 Å². The number of hydrogen-bond donors (Lipinski definition) is 2. The number of benzene rings is 1. The molecule has 0 fully saturated rings. The summed E-state index contributed by atoms with van der Waals surface area (Å²) in [6.07, 6.45) is 0. The van der Waals surface area contributed by atoms with E-state index < -0.39 is 6.04 Å². The van der Waals surface area contributed by atoms with Gasteiger partial charge in [0.2, 0.25) is 11.8 Å². The molecule has 4 heteroatoms. The monoisotopic (exact) mass is 262 g/mol. The third-order valence-electron chi connectivity index (χ3n) is 3.02. The van der Waals surface area contributed by atoms with Crippen molar-refractivity contribution >= 4 is 11.8 Å². The quantitative estimate of drug-likeness (QED) is 0.849. The van der Waals surface area contributed by atoms with Gasteiger partial charge in [-0.2, -0.15) is 0 Å². The minimum Gasteiger partial charge on any atom is -0.350 e. The van der Waals surface area contributed by atoms with Crippen LogP contribution >= 0.6 is 0 Å². The van der Waals surface area contributed by atoms with Crippen molar-refractivity contribution in [3.8, 4) is 0 Å². The number of amides is 2. The Morgan fingerprint density at radius 3 is 2.37 bits per heavy atom. The Morgan fingerprint density at radius 2 is 1.84 bits per heavy atom. The first-order valence-corrected chi connectivity index (χ1v) is 6.51. The van der Waals surface area contributed by atoms with Gasteiger partial charge in [0.25, 0.3) is 0 Å². The molecule has 0 unspecified atom stereocenters. The summed E-state index contributed by atoms with van der Waals surface area (Å²) in [5, 5.41) is 5.55. The van der Waals surface area contributed by atoms with E-state index >= 15 is 0 Å². The smallest absolute Gasteiger partial charge is 0.243 e. The molecule has 1 aromatic rings. The summed E-state index contributed by atoms with van der Waals surface area (Å²) < 4.78 is 0. The maximum absolute atomic E-state index is 12.1. The van der Waals surface area contributed by atoms with E-state index in [1.54, 1.807) is 0 Å². The first-order valence-electron chi connectivity index (χ1n) is 6.51. The first-order chi connectivity index (χ1) is 8.91. The fourth-order valence-corrected chi connectivity index (χ4v) is 1.85. The van der Waals surface area contributed by atoms with Crippen molar-refractivity contribution in [2.45, 2.75) is 40.3 Å². The number of nitrogens with one attached hydrogen (secondary N) is 2. The van der Waals surface area contributed by atoms with E-state index in [9.17, 15) is 9.59 Å². The van der Waals surface area contributed by atoms with Crippen LogP contribution in [0.5, 0.6) is 0 Å². The Hall–Kier alpha value is -1.84. The average Bonchev–Trinajstić information content (AvgIpc) is 2.34. The summed E-state index contributed by atoms with van der Waals surface area (Å²) in [7, 11) is 0. The predicted molar refractivity (Wildman–Crippen MR) is 75.5 cm³/mol. The molecule has 1 aromatic carbocycles. The zero-order valence-electron chi connectivity index (χ0n) is 12.0. The van der Waals surface area contributed by atoms with Gasteiger partial charge in [0.1, 0.15) is 6.04 Å². The Balaban J connectivity index is 2.63. The second kappa shape index (κ2) is 6.92. The largest absolute Gasteiger partial charge is 0.350 e. The third-order valence-corrected chi connectivity index (χ3v) is 3.02. The summed E-state index contributed by atoms with van der Waals surface area (Å²) >= 11 is 0. The average molecular weight is 262 g/mol. The molecule has 4 nitrogen and oxygen atoms in total. The van der Waals surface area contributed by atoms with Crippen LogP contribution in [0.2, 0.25) is 0 Å². The van der Waals surface area contributed by atoms with E-state index in [1.165, 1.54) is 6.92 Å². The number of aryl methyl sites for hydroxylation is 1. The van der Waals surface area contributed by atoms with Gasteiger partial charge in [0.15, 0.2) is 0 Å². The van der Waals surface area contributed by atoms with Crippen molar-refractivity contribution in [2.75, 3.05) is 0 Å². The van der Waals surface area contributed by atoms with Gasteiger partial charge < -0.3 is 10.6 Å². The van der Waals surface area contributed by atoms with Gasteiger partial charge in [-0.3, -0.25) is 9.59 Å². The second-order valence-corrected chi connectivity index (χ2v) is 5.07. The molecule has 0 aromatic heterocycles. The van der Waals surface area contributed by atoms with Gasteiger partial charge in [-0.25, -0.2) is 0 Å². The Labute approximate surface area is 114 Å². The Kier molecular flexibility index (Phi) is 5.55. The van der Waals surface area contributed by atoms with Gasteiger partial charge in [0, 0.05) is 13.5 Å². The summed E-state index contributed by atoms with van der Waals surface area (Å²) in [4.78, 5) is 23.2. The molecule has 2 N–H and O–H groups in total. The second-order valence-electron chi connectivity index (χ2n) is 5.07. The fraction of sp³-hybridized carbons (Fsp3) is 0.467. The first kappa shape index (κ1) is 15.2. The van der Waals surface area contributed by atoms with Gasteiger partial charge >= 0.3 is 0 Å². The zero-order chi connectivity index (χ0) is 14.4. The Bertz CT molecular complexity index is 455. The molecule has 0 spiro atoms. The van der Waals surface area contributed by atoms with Crippen LogP contribution in [0.15, 0.2) is 24.3 Å². The summed E-state index contributed by atoms with van der Waals surface area (Å²) in [6, 6.07) is 7.42. The van der Waals surface area contributed by atoms with E-state index in [1.807, 2.05) is 45.0 Å². The predicted octanol–water partition coefficient (Wildman–Crippen LogP) is 1.77. The lowest BCUT2D eigenvalue weighted by Crippen LogP contribution is -2.48. The molecule has 1 atom stereocenters. The molecule has 0 heterocycles. The normalized spacial score (nSPS) is 12.1. The van der Waals surface area contributed by atoms with Crippen molar-refractivity contribution < 1.29 is 9.59 Å². The lowest BCUT2D eigenvalue weighted by atomic mass is 10.0. The van der Waals surface area contributed by atoms with Crippen molar-refractivity contribution in [1.29, 1.82) is 0 Å². The van der Waals surface area contributed by atoms with E-state index in [0.717, 1.165) is 11.1 Å². The van der Waals surface area contributed by atoms with E-state index in [-0.39, 0.29) is 17.7 Å². The molecular formula is C15H22N2O2. The van der Waals surface area contributed by atoms with E-state index in [4.69, 9.17) is 0 Å². The summed E-state index contributed by atoms with van der Waals surface area (Å²) in [5.74, 6) is -0.279. The molecule has 0 saturated heterocycles. The van der Waals surface area contributed by atoms with Crippen LogP contribution in [0.4, 0.5) is 0 Å². The van der Waals surface area contributed by atoms with Crippen LogP contribution in [-0.2, 0) is 16.1 Å². The molecule has 0 radical (unpaired) electrons. The van der Waals surface area contributed by atoms with Gasteiger partial charge in [-0.1, -0.05) is 38.1 Å². The Morgan fingerprint density at radius 1 is 1.21 bits per heavy atom. The highest BCUT2D eigenvalue weighted by Gasteiger charge is 2.22. The molecule has 19 heavy (non-hydrogen) atoms. The topological polar surface area (TPSA) is 58.2 Å². The minimum absolute atomic E-state index is 0.0563. The van der Waals surface area contributed by atoms with Crippen molar-refractivity contribution in [3.63, 3.8) is 0 Å². The van der Waals surface area contributed by atoms with E-state index in [0.29, 0.717) is 6.54 Å². The van der Waals surface area contributed by atoms with Crippen LogP contribution in [0.25, 0.3) is 0 Å². The summed E-state index contributed by atoms with van der Waals surface area (Å²) in [5.41, 5.74) is 2.23. The number of rotatable bonds is 5. The van der Waals surface area contributed by atoms with Crippen LogP contribution < -0.4 is 10.6 Å². The molecule has 104 valence electrons. The van der Waals surface area contributed by atoms with Crippen molar-refractivity contribution in [2.24, 2.45) is 5.92 Å². The third kappa shape index (κ3) is 4.73. The SMILES string of the molecule is CC(=O)N[C@H](C(=O)NCc1ccccc1C)C(C)C. The van der Waals surface area contributed by atoms with E-state index in [2.05, 4.69) is 10.6 Å². The molecule has 0 aliphatic heterocycles. The highest BCUT2D eigenvalue weighted by atomic mass is 16.2. The summed E-state index contributed by atoms with van der Waals surface area (Å²) in [6.45, 7) is 7.73. The molecule has 1 rings (SSSR count). The molecule has 0 aliphatic carbocycles.